The third kappa shape index (κ3) is 4.27. The molecule has 1 aliphatic rings. The van der Waals surface area contributed by atoms with Gasteiger partial charge in [-0.25, -0.2) is 4.79 Å². The molecule has 122 valence electrons. The van der Waals surface area contributed by atoms with Crippen molar-refractivity contribution >= 4 is 22.0 Å². The summed E-state index contributed by atoms with van der Waals surface area (Å²) in [6.07, 6.45) is 0.850. The molecule has 0 saturated heterocycles. The first-order valence-corrected chi connectivity index (χ1v) is 8.16. The van der Waals surface area contributed by atoms with E-state index in [2.05, 4.69) is 21.2 Å². The highest BCUT2D eigenvalue weighted by Crippen LogP contribution is 2.38. The molecule has 1 heterocycles. The molecule has 0 radical (unpaired) electrons. The van der Waals surface area contributed by atoms with Crippen LogP contribution in [0, 0.1) is 0 Å². The Morgan fingerprint density at radius 2 is 2.14 bits per heavy atom. The molecule has 2 amide bonds. The number of aliphatic hydroxyl groups is 1. The molecule has 0 spiro atoms. The number of nitrogens with one attached hydrogen (secondary N) is 1. The fourth-order valence-electron chi connectivity index (χ4n) is 2.26. The minimum atomic E-state index is -0.179. The van der Waals surface area contributed by atoms with E-state index in [1.165, 1.54) is 0 Å². The van der Waals surface area contributed by atoms with Crippen molar-refractivity contribution in [3.8, 4) is 11.5 Å². The molecule has 0 aliphatic carbocycles. The van der Waals surface area contributed by atoms with E-state index < -0.39 is 0 Å². The average molecular weight is 373 g/mol. The van der Waals surface area contributed by atoms with E-state index in [1.54, 1.807) is 4.90 Å². The van der Waals surface area contributed by atoms with Gasteiger partial charge in [0.2, 0.25) is 0 Å². The molecule has 22 heavy (non-hydrogen) atoms. The van der Waals surface area contributed by atoms with Gasteiger partial charge in [0.05, 0.1) is 11.1 Å². The van der Waals surface area contributed by atoms with E-state index in [1.807, 2.05) is 19.1 Å². The maximum Gasteiger partial charge on any atom is 0.317 e. The van der Waals surface area contributed by atoms with Crippen LogP contribution in [-0.4, -0.2) is 48.9 Å². The van der Waals surface area contributed by atoms with Gasteiger partial charge in [-0.2, -0.15) is 0 Å². The number of carbonyl (C=O) groups excluding carboxylic acids is 1. The van der Waals surface area contributed by atoms with Gasteiger partial charge in [-0.05, 0) is 40.0 Å². The molecule has 2 rings (SSSR count). The molecule has 6 nitrogen and oxygen atoms in total. The van der Waals surface area contributed by atoms with Crippen molar-refractivity contribution in [3.63, 3.8) is 0 Å². The number of fused-ring (bicyclic) bond motifs is 1. The molecule has 2 N–H and O–H groups in total. The lowest BCUT2D eigenvalue weighted by Gasteiger charge is -2.23. The number of hydrogen-bond donors (Lipinski definition) is 2. The van der Waals surface area contributed by atoms with Crippen LogP contribution in [-0.2, 0) is 6.54 Å². The summed E-state index contributed by atoms with van der Waals surface area (Å²) in [4.78, 5) is 13.7. The van der Waals surface area contributed by atoms with E-state index in [9.17, 15) is 4.79 Å². The minimum Gasteiger partial charge on any atom is -0.486 e. The summed E-state index contributed by atoms with van der Waals surface area (Å²) in [6, 6.07) is 3.60. The van der Waals surface area contributed by atoms with E-state index in [0.29, 0.717) is 44.3 Å². The van der Waals surface area contributed by atoms with Crippen LogP contribution < -0.4 is 14.8 Å². The van der Waals surface area contributed by atoms with Crippen molar-refractivity contribution in [1.29, 1.82) is 0 Å². The number of carbonyl (C=O) groups is 1. The predicted octanol–water partition coefficient (Wildman–Crippen LogP) is 2.13. The first-order valence-electron chi connectivity index (χ1n) is 7.37. The zero-order chi connectivity index (χ0) is 15.9. The van der Waals surface area contributed by atoms with E-state index >= 15 is 0 Å². The van der Waals surface area contributed by atoms with Gasteiger partial charge in [0.1, 0.15) is 13.2 Å². The Morgan fingerprint density at radius 3 is 2.86 bits per heavy atom. The summed E-state index contributed by atoms with van der Waals surface area (Å²) < 4.78 is 11.9. The van der Waals surface area contributed by atoms with Gasteiger partial charge in [-0.1, -0.05) is 6.92 Å². The summed E-state index contributed by atoms with van der Waals surface area (Å²) in [5.74, 6) is 1.39. The Morgan fingerprint density at radius 1 is 1.36 bits per heavy atom. The monoisotopic (exact) mass is 372 g/mol. The largest absolute Gasteiger partial charge is 0.486 e. The molecule has 7 heteroatoms. The SMILES string of the molecule is CCCN(CCO)C(=O)NCc1cc(Br)c2c(c1)OCCO2. The maximum atomic E-state index is 12.1. The van der Waals surface area contributed by atoms with Crippen molar-refractivity contribution < 1.29 is 19.4 Å². The van der Waals surface area contributed by atoms with Crippen LogP contribution in [0.2, 0.25) is 0 Å². The molecule has 1 aromatic rings. The second kappa shape index (κ2) is 8.24. The third-order valence-electron chi connectivity index (χ3n) is 3.25. The second-order valence-electron chi connectivity index (χ2n) is 4.97. The highest BCUT2D eigenvalue weighted by molar-refractivity contribution is 9.10. The molecule has 0 atom stereocenters. The van der Waals surface area contributed by atoms with Crippen LogP contribution in [0.3, 0.4) is 0 Å². The van der Waals surface area contributed by atoms with Crippen molar-refractivity contribution in [2.24, 2.45) is 0 Å². The third-order valence-corrected chi connectivity index (χ3v) is 3.84. The Kier molecular flexibility index (Phi) is 6.33. The number of nitrogens with zero attached hydrogens (tertiary/aromatic N) is 1. The van der Waals surface area contributed by atoms with Gasteiger partial charge in [0, 0.05) is 19.6 Å². The topological polar surface area (TPSA) is 71.0 Å². The maximum absolute atomic E-state index is 12.1. The number of urea groups is 1. The number of amides is 2. The molecule has 0 bridgehead atoms. The smallest absolute Gasteiger partial charge is 0.317 e. The fourth-order valence-corrected chi connectivity index (χ4v) is 2.87. The quantitative estimate of drug-likeness (QED) is 0.802. The Balaban J connectivity index is 1.99. The van der Waals surface area contributed by atoms with E-state index in [0.717, 1.165) is 16.5 Å². The van der Waals surface area contributed by atoms with Gasteiger partial charge in [0.15, 0.2) is 11.5 Å². The number of ether oxygens (including phenoxy) is 2. The summed E-state index contributed by atoms with van der Waals surface area (Å²) in [5.41, 5.74) is 0.921. The Bertz CT molecular complexity index is 519. The standard InChI is InChI=1S/C15H21BrN2O4/c1-2-3-18(4-5-19)15(20)17-10-11-8-12(16)14-13(9-11)21-6-7-22-14/h8-9,19H,2-7,10H2,1H3,(H,17,20). The lowest BCUT2D eigenvalue weighted by Crippen LogP contribution is -2.41. The number of halogens is 1. The minimum absolute atomic E-state index is 0.0387. The molecule has 0 unspecified atom stereocenters. The first-order chi connectivity index (χ1) is 10.7. The van der Waals surface area contributed by atoms with E-state index in [4.69, 9.17) is 14.6 Å². The zero-order valence-electron chi connectivity index (χ0n) is 12.6. The van der Waals surface area contributed by atoms with Crippen LogP contribution in [0.15, 0.2) is 16.6 Å². The van der Waals surface area contributed by atoms with Crippen molar-refractivity contribution in [2.75, 3.05) is 32.9 Å². The summed E-state index contributed by atoms with van der Waals surface area (Å²) in [6.45, 7) is 4.37. The van der Waals surface area contributed by atoms with Crippen LogP contribution in [0.25, 0.3) is 0 Å². The fraction of sp³-hybridized carbons (Fsp3) is 0.533. The summed E-state index contributed by atoms with van der Waals surface area (Å²) >= 11 is 3.46. The van der Waals surface area contributed by atoms with Crippen LogP contribution in [0.5, 0.6) is 11.5 Å². The molecule has 0 saturated carbocycles. The molecular formula is C15H21BrN2O4. The lowest BCUT2D eigenvalue weighted by molar-refractivity contribution is 0.170. The molecule has 0 aromatic heterocycles. The summed E-state index contributed by atoms with van der Waals surface area (Å²) in [7, 11) is 0. The molecule has 0 fully saturated rings. The van der Waals surface area contributed by atoms with Gasteiger partial charge in [-0.3, -0.25) is 0 Å². The van der Waals surface area contributed by atoms with Crippen LogP contribution >= 0.6 is 15.9 Å². The molecule has 1 aromatic carbocycles. The van der Waals surface area contributed by atoms with Crippen molar-refractivity contribution in [1.82, 2.24) is 10.2 Å². The van der Waals surface area contributed by atoms with Gasteiger partial charge in [-0.15, -0.1) is 0 Å². The van der Waals surface area contributed by atoms with Crippen molar-refractivity contribution in [3.05, 3.63) is 22.2 Å². The zero-order valence-corrected chi connectivity index (χ0v) is 14.2. The highest BCUT2D eigenvalue weighted by atomic mass is 79.9. The lowest BCUT2D eigenvalue weighted by atomic mass is 10.2. The van der Waals surface area contributed by atoms with Gasteiger partial charge < -0.3 is 24.8 Å². The number of rotatable bonds is 6. The molecular weight excluding hydrogens is 352 g/mol. The van der Waals surface area contributed by atoms with Gasteiger partial charge >= 0.3 is 6.03 Å². The number of hydrogen-bond acceptors (Lipinski definition) is 4. The first kappa shape index (κ1) is 16.9. The number of benzene rings is 1. The highest BCUT2D eigenvalue weighted by Gasteiger charge is 2.17. The van der Waals surface area contributed by atoms with Crippen LogP contribution in [0.4, 0.5) is 4.79 Å². The predicted molar refractivity (Wildman–Crippen MR) is 86.3 cm³/mol. The Hall–Kier alpha value is -1.47. The average Bonchev–Trinajstić information content (AvgIpc) is 2.52. The Labute approximate surface area is 138 Å². The van der Waals surface area contributed by atoms with Gasteiger partial charge in [0.25, 0.3) is 0 Å². The molecule has 1 aliphatic heterocycles. The number of aliphatic hydroxyl groups excluding tert-OH is 1. The normalized spacial score (nSPS) is 12.9. The van der Waals surface area contributed by atoms with Crippen LogP contribution in [0.1, 0.15) is 18.9 Å². The summed E-state index contributed by atoms with van der Waals surface area (Å²) in [5, 5.41) is 11.9. The van der Waals surface area contributed by atoms with Crippen molar-refractivity contribution in [2.45, 2.75) is 19.9 Å². The second-order valence-corrected chi connectivity index (χ2v) is 5.83. The van der Waals surface area contributed by atoms with E-state index in [-0.39, 0.29) is 12.6 Å².